The predicted molar refractivity (Wildman–Crippen MR) is 112 cm³/mol. The molecule has 8 nitrogen and oxygen atoms in total. The average Bonchev–Trinajstić information content (AvgIpc) is 3.33. The van der Waals surface area contributed by atoms with Crippen LogP contribution in [0.2, 0.25) is 0 Å². The summed E-state index contributed by atoms with van der Waals surface area (Å²) in [4.78, 5) is 22.5. The van der Waals surface area contributed by atoms with E-state index in [1.807, 2.05) is 24.4 Å². The first-order valence-corrected chi connectivity index (χ1v) is 9.91. The van der Waals surface area contributed by atoms with Gasteiger partial charge in [0.1, 0.15) is 5.52 Å². The van der Waals surface area contributed by atoms with Crippen LogP contribution in [0.3, 0.4) is 0 Å². The Morgan fingerprint density at radius 1 is 1.13 bits per heavy atom. The lowest BCUT2D eigenvalue weighted by Gasteiger charge is -2.26. The molecule has 1 unspecified atom stereocenters. The number of aryl methyl sites for hydroxylation is 1. The quantitative estimate of drug-likeness (QED) is 0.442. The van der Waals surface area contributed by atoms with Gasteiger partial charge in [0.25, 0.3) is 0 Å². The predicted octanol–water partition coefficient (Wildman–Crippen LogP) is 2.96. The molecule has 5 heterocycles. The molecule has 1 atom stereocenters. The Kier molecular flexibility index (Phi) is 3.73. The fourth-order valence-corrected chi connectivity index (χ4v) is 4.29. The van der Waals surface area contributed by atoms with Crippen LogP contribution in [0.25, 0.3) is 28.1 Å². The van der Waals surface area contributed by atoms with Gasteiger partial charge in [0.2, 0.25) is 0 Å². The SMILES string of the molecule is Cn1c(=O)n(C2CCOc3c(F)cccc32)c2nc(-c3cnn4ccccc34)ncc21. The first-order chi connectivity index (χ1) is 15.1. The summed E-state index contributed by atoms with van der Waals surface area (Å²) in [5, 5.41) is 4.35. The average molecular weight is 416 g/mol. The second kappa shape index (κ2) is 6.49. The van der Waals surface area contributed by atoms with Crippen LogP contribution in [0, 0.1) is 5.82 Å². The summed E-state index contributed by atoms with van der Waals surface area (Å²) in [6, 6.07) is 10.1. The smallest absolute Gasteiger partial charge is 0.330 e. The van der Waals surface area contributed by atoms with E-state index in [2.05, 4.69) is 10.1 Å². The molecule has 9 heteroatoms. The van der Waals surface area contributed by atoms with Crippen LogP contribution in [0.15, 0.2) is 59.8 Å². The minimum atomic E-state index is -0.433. The van der Waals surface area contributed by atoms with Crippen molar-refractivity contribution in [1.82, 2.24) is 28.7 Å². The summed E-state index contributed by atoms with van der Waals surface area (Å²) in [6.07, 6.45) is 5.74. The molecule has 4 aromatic heterocycles. The minimum Gasteiger partial charge on any atom is -0.490 e. The number of halogens is 1. The molecule has 5 aromatic rings. The number of hydrogen-bond donors (Lipinski definition) is 0. The number of para-hydroxylation sites is 1. The maximum Gasteiger partial charge on any atom is 0.330 e. The van der Waals surface area contributed by atoms with Gasteiger partial charge in [-0.2, -0.15) is 5.10 Å². The van der Waals surface area contributed by atoms with E-state index in [-0.39, 0.29) is 17.5 Å². The Morgan fingerprint density at radius 2 is 2.03 bits per heavy atom. The molecule has 0 amide bonds. The molecule has 1 aliphatic rings. The molecule has 1 aliphatic heterocycles. The van der Waals surface area contributed by atoms with Crippen LogP contribution in [0.5, 0.6) is 5.75 Å². The molecule has 0 saturated heterocycles. The summed E-state index contributed by atoms with van der Waals surface area (Å²) in [7, 11) is 1.69. The molecule has 154 valence electrons. The van der Waals surface area contributed by atoms with Crippen molar-refractivity contribution < 1.29 is 9.13 Å². The second-order valence-corrected chi connectivity index (χ2v) is 7.51. The molecule has 0 N–H and O–H groups in total. The number of pyridine rings is 1. The first-order valence-electron chi connectivity index (χ1n) is 9.91. The highest BCUT2D eigenvalue weighted by Gasteiger charge is 2.29. The van der Waals surface area contributed by atoms with Crippen molar-refractivity contribution in [3.8, 4) is 17.1 Å². The van der Waals surface area contributed by atoms with Gasteiger partial charge in [0, 0.05) is 25.2 Å². The lowest BCUT2D eigenvalue weighted by Crippen LogP contribution is -2.30. The summed E-state index contributed by atoms with van der Waals surface area (Å²) in [6.45, 7) is 0.313. The van der Waals surface area contributed by atoms with Crippen LogP contribution >= 0.6 is 0 Å². The number of fused-ring (bicyclic) bond motifs is 3. The van der Waals surface area contributed by atoms with E-state index in [4.69, 9.17) is 9.72 Å². The number of imidazole rings is 1. The van der Waals surface area contributed by atoms with Crippen LogP contribution in [-0.2, 0) is 7.05 Å². The molecule has 0 spiro atoms. The zero-order valence-corrected chi connectivity index (χ0v) is 16.6. The summed E-state index contributed by atoms with van der Waals surface area (Å²) in [5.74, 6) is 0.233. The Balaban J connectivity index is 1.60. The monoisotopic (exact) mass is 416 g/mol. The Labute approximate surface area is 175 Å². The molecule has 0 bridgehead atoms. The third-order valence-corrected chi connectivity index (χ3v) is 5.81. The summed E-state index contributed by atoms with van der Waals surface area (Å²) >= 11 is 0. The largest absolute Gasteiger partial charge is 0.490 e. The number of rotatable bonds is 2. The molecular weight excluding hydrogens is 399 g/mol. The number of ether oxygens (including phenoxy) is 1. The molecule has 1 aromatic carbocycles. The van der Waals surface area contributed by atoms with Crippen molar-refractivity contribution in [3.63, 3.8) is 0 Å². The highest BCUT2D eigenvalue weighted by Crippen LogP contribution is 2.37. The molecule has 6 rings (SSSR count). The maximum atomic E-state index is 14.3. The van der Waals surface area contributed by atoms with E-state index >= 15 is 0 Å². The third-order valence-electron chi connectivity index (χ3n) is 5.81. The number of hydrogen-bond acceptors (Lipinski definition) is 5. The van der Waals surface area contributed by atoms with Crippen molar-refractivity contribution in [2.75, 3.05) is 6.61 Å². The highest BCUT2D eigenvalue weighted by molar-refractivity contribution is 5.79. The van der Waals surface area contributed by atoms with E-state index in [9.17, 15) is 9.18 Å². The number of benzene rings is 1. The van der Waals surface area contributed by atoms with E-state index in [1.54, 1.807) is 40.7 Å². The second-order valence-electron chi connectivity index (χ2n) is 7.51. The van der Waals surface area contributed by atoms with E-state index < -0.39 is 5.82 Å². The van der Waals surface area contributed by atoms with E-state index in [0.717, 1.165) is 11.1 Å². The first kappa shape index (κ1) is 17.8. The number of aromatic nitrogens is 6. The summed E-state index contributed by atoms with van der Waals surface area (Å²) in [5.41, 5.74) is 3.14. The van der Waals surface area contributed by atoms with Crippen LogP contribution in [0.1, 0.15) is 18.0 Å². The normalized spacial score (nSPS) is 15.9. The molecule has 0 fully saturated rings. The van der Waals surface area contributed by atoms with Crippen molar-refractivity contribution >= 4 is 16.7 Å². The van der Waals surface area contributed by atoms with Crippen LogP contribution in [0.4, 0.5) is 4.39 Å². The van der Waals surface area contributed by atoms with Crippen molar-refractivity contribution in [2.45, 2.75) is 12.5 Å². The highest BCUT2D eigenvalue weighted by atomic mass is 19.1. The molecular formula is C22H17FN6O2. The standard InChI is InChI=1S/C22H17FN6O2/c1-27-18-12-24-20(14-11-25-28-9-3-2-7-16(14)28)26-21(18)29(22(27)30)17-8-10-31-19-13(17)5-4-6-15(19)23/h2-7,9,11-12,17H,8,10H2,1H3. The Morgan fingerprint density at radius 3 is 2.94 bits per heavy atom. The fraction of sp³-hybridized carbons (Fsp3) is 0.182. The third kappa shape index (κ3) is 2.52. The fourth-order valence-electron chi connectivity index (χ4n) is 4.29. The van der Waals surface area contributed by atoms with Crippen molar-refractivity contribution in [2.24, 2.45) is 7.05 Å². The van der Waals surface area contributed by atoms with Gasteiger partial charge in [0.05, 0.1) is 36.1 Å². The minimum absolute atomic E-state index is 0.194. The van der Waals surface area contributed by atoms with Gasteiger partial charge in [0.15, 0.2) is 23.0 Å². The molecule has 0 aliphatic carbocycles. The lowest BCUT2D eigenvalue weighted by molar-refractivity contribution is 0.243. The van der Waals surface area contributed by atoms with Gasteiger partial charge < -0.3 is 4.74 Å². The molecule has 0 radical (unpaired) electrons. The Bertz CT molecular complexity index is 1530. The van der Waals surface area contributed by atoms with Gasteiger partial charge in [-0.3, -0.25) is 9.13 Å². The van der Waals surface area contributed by atoms with Crippen molar-refractivity contribution in [1.29, 1.82) is 0 Å². The number of nitrogens with zero attached hydrogens (tertiary/aromatic N) is 6. The van der Waals surface area contributed by atoms with Crippen LogP contribution in [-0.4, -0.2) is 35.3 Å². The topological polar surface area (TPSA) is 79.2 Å². The molecule has 0 saturated carbocycles. The van der Waals surface area contributed by atoms with Gasteiger partial charge in [-0.05, 0) is 18.2 Å². The lowest BCUT2D eigenvalue weighted by atomic mass is 10.00. The van der Waals surface area contributed by atoms with Gasteiger partial charge in [-0.15, -0.1) is 0 Å². The molecule has 31 heavy (non-hydrogen) atoms. The van der Waals surface area contributed by atoms with Crippen molar-refractivity contribution in [3.05, 3.63) is 76.9 Å². The van der Waals surface area contributed by atoms with Gasteiger partial charge in [-0.1, -0.05) is 18.2 Å². The maximum absolute atomic E-state index is 14.3. The van der Waals surface area contributed by atoms with Gasteiger partial charge in [-0.25, -0.2) is 23.7 Å². The van der Waals surface area contributed by atoms with E-state index in [1.165, 1.54) is 10.6 Å². The summed E-state index contributed by atoms with van der Waals surface area (Å²) < 4.78 is 24.8. The zero-order valence-electron chi connectivity index (χ0n) is 16.6. The van der Waals surface area contributed by atoms with E-state index in [0.29, 0.717) is 35.6 Å². The van der Waals surface area contributed by atoms with Gasteiger partial charge >= 0.3 is 5.69 Å². The zero-order chi connectivity index (χ0) is 21.1. The van der Waals surface area contributed by atoms with Crippen LogP contribution < -0.4 is 10.4 Å². The Hall–Kier alpha value is -4.01.